The molecule has 120 valence electrons. The zero-order chi connectivity index (χ0) is 16.6. The summed E-state index contributed by atoms with van der Waals surface area (Å²) in [6.07, 6.45) is 3.87. The maximum atomic E-state index is 14.2. The number of benzene rings is 2. The van der Waals surface area contributed by atoms with E-state index in [4.69, 9.17) is 0 Å². The van der Waals surface area contributed by atoms with Crippen molar-refractivity contribution in [2.24, 2.45) is 0 Å². The Bertz CT molecular complexity index is 884. The van der Waals surface area contributed by atoms with Crippen LogP contribution in [0.3, 0.4) is 0 Å². The summed E-state index contributed by atoms with van der Waals surface area (Å²) in [4.78, 5) is -0.245. The van der Waals surface area contributed by atoms with Crippen LogP contribution in [-0.2, 0) is 9.84 Å². The molecule has 0 fully saturated rings. The van der Waals surface area contributed by atoms with Gasteiger partial charge in [0.2, 0.25) is 0 Å². The van der Waals surface area contributed by atoms with Crippen molar-refractivity contribution < 1.29 is 12.8 Å². The van der Waals surface area contributed by atoms with Crippen LogP contribution in [0.5, 0.6) is 0 Å². The molecule has 0 N–H and O–H groups in total. The minimum atomic E-state index is -3.54. The zero-order valence-corrected chi connectivity index (χ0v) is 15.0. The number of rotatable bonds is 3. The molecular formula is C18H16BrFO2S. The van der Waals surface area contributed by atoms with Crippen LogP contribution in [0.25, 0.3) is 11.1 Å². The monoisotopic (exact) mass is 394 g/mol. The second-order valence-corrected chi connectivity index (χ2v) is 8.63. The van der Waals surface area contributed by atoms with Crippen LogP contribution in [0, 0.1) is 5.82 Å². The van der Waals surface area contributed by atoms with E-state index < -0.39 is 15.7 Å². The van der Waals surface area contributed by atoms with Crippen molar-refractivity contribution in [3.63, 3.8) is 0 Å². The number of allylic oxidation sites excluding steroid dienone is 2. The van der Waals surface area contributed by atoms with Crippen LogP contribution in [0.4, 0.5) is 4.39 Å². The van der Waals surface area contributed by atoms with E-state index in [1.165, 1.54) is 17.7 Å². The van der Waals surface area contributed by atoms with E-state index in [0.717, 1.165) is 46.7 Å². The second-order valence-electron chi connectivity index (χ2n) is 5.73. The third-order valence-electron chi connectivity index (χ3n) is 4.09. The summed E-state index contributed by atoms with van der Waals surface area (Å²) in [5.74, 6) is -0.681. The van der Waals surface area contributed by atoms with Gasteiger partial charge in [-0.15, -0.1) is 0 Å². The molecule has 23 heavy (non-hydrogen) atoms. The van der Waals surface area contributed by atoms with Crippen molar-refractivity contribution in [3.05, 3.63) is 63.9 Å². The predicted octanol–water partition coefficient (Wildman–Crippen LogP) is 5.09. The molecular weight excluding hydrogens is 379 g/mol. The van der Waals surface area contributed by atoms with Gasteiger partial charge in [0.05, 0.1) is 0 Å². The SMILES string of the molecule is CS(=O)(=O)c1ccc(C2=C(c3ccc(Br)cc3)CCC2)cc1F. The van der Waals surface area contributed by atoms with E-state index in [9.17, 15) is 12.8 Å². The quantitative estimate of drug-likeness (QED) is 0.726. The maximum absolute atomic E-state index is 14.2. The Morgan fingerprint density at radius 1 is 0.957 bits per heavy atom. The van der Waals surface area contributed by atoms with E-state index in [-0.39, 0.29) is 4.90 Å². The molecule has 2 aromatic rings. The summed E-state index contributed by atoms with van der Waals surface area (Å²) in [7, 11) is -3.54. The molecule has 0 atom stereocenters. The standard InChI is InChI=1S/C18H16BrFO2S/c1-23(21,22)18-10-7-13(11-17(18)20)16-4-2-3-15(16)12-5-8-14(19)9-6-12/h5-11H,2-4H2,1H3. The Balaban J connectivity index is 2.07. The summed E-state index contributed by atoms with van der Waals surface area (Å²) in [5.41, 5.74) is 4.22. The smallest absolute Gasteiger partial charge is 0.178 e. The van der Waals surface area contributed by atoms with Crippen molar-refractivity contribution in [1.82, 2.24) is 0 Å². The van der Waals surface area contributed by atoms with E-state index >= 15 is 0 Å². The summed E-state index contributed by atoms with van der Waals surface area (Å²) in [5, 5.41) is 0. The van der Waals surface area contributed by atoms with Crippen molar-refractivity contribution >= 4 is 36.9 Å². The van der Waals surface area contributed by atoms with Gasteiger partial charge in [-0.3, -0.25) is 0 Å². The molecule has 2 nitrogen and oxygen atoms in total. The largest absolute Gasteiger partial charge is 0.224 e. The fourth-order valence-corrected chi connectivity index (χ4v) is 4.01. The molecule has 1 aliphatic rings. The normalized spacial score (nSPS) is 15.3. The predicted molar refractivity (Wildman–Crippen MR) is 94.3 cm³/mol. The molecule has 0 aromatic heterocycles. The average molecular weight is 395 g/mol. The first-order chi connectivity index (χ1) is 10.9. The van der Waals surface area contributed by atoms with Crippen molar-refractivity contribution in [2.75, 3.05) is 6.26 Å². The highest BCUT2D eigenvalue weighted by atomic mass is 79.9. The Labute approximate surface area is 144 Å². The minimum absolute atomic E-state index is 0.245. The second kappa shape index (κ2) is 6.21. The molecule has 0 saturated heterocycles. The molecule has 2 aromatic carbocycles. The van der Waals surface area contributed by atoms with E-state index in [2.05, 4.69) is 15.9 Å². The lowest BCUT2D eigenvalue weighted by Gasteiger charge is -2.10. The maximum Gasteiger partial charge on any atom is 0.178 e. The third kappa shape index (κ3) is 3.40. The molecule has 0 amide bonds. The lowest BCUT2D eigenvalue weighted by atomic mass is 9.97. The molecule has 1 aliphatic carbocycles. The Morgan fingerprint density at radius 3 is 2.09 bits per heavy atom. The Hall–Kier alpha value is -1.46. The van der Waals surface area contributed by atoms with Gasteiger partial charge in [0.1, 0.15) is 10.7 Å². The van der Waals surface area contributed by atoms with Gasteiger partial charge in [0, 0.05) is 10.7 Å². The Morgan fingerprint density at radius 2 is 1.52 bits per heavy atom. The molecule has 0 radical (unpaired) electrons. The topological polar surface area (TPSA) is 34.1 Å². The fourth-order valence-electron chi connectivity index (χ4n) is 3.02. The highest BCUT2D eigenvalue weighted by Crippen LogP contribution is 2.40. The van der Waals surface area contributed by atoms with Gasteiger partial charge < -0.3 is 0 Å². The van der Waals surface area contributed by atoms with Crippen molar-refractivity contribution in [1.29, 1.82) is 0 Å². The van der Waals surface area contributed by atoms with E-state index in [1.54, 1.807) is 6.07 Å². The minimum Gasteiger partial charge on any atom is -0.224 e. The molecule has 0 unspecified atom stereocenters. The summed E-state index contributed by atoms with van der Waals surface area (Å²) in [6.45, 7) is 0. The average Bonchev–Trinajstić information content (AvgIpc) is 2.96. The van der Waals surface area contributed by atoms with Crippen molar-refractivity contribution in [3.8, 4) is 0 Å². The van der Waals surface area contributed by atoms with Crippen LogP contribution in [0.15, 0.2) is 51.8 Å². The first-order valence-electron chi connectivity index (χ1n) is 7.34. The molecule has 0 heterocycles. The summed E-state index contributed by atoms with van der Waals surface area (Å²) in [6, 6.07) is 12.5. The third-order valence-corrected chi connectivity index (χ3v) is 5.75. The lowest BCUT2D eigenvalue weighted by Crippen LogP contribution is -2.01. The number of halogens is 2. The molecule has 3 rings (SSSR count). The van der Waals surface area contributed by atoms with Gasteiger partial charge >= 0.3 is 0 Å². The molecule has 0 spiro atoms. The van der Waals surface area contributed by atoms with E-state index in [0.29, 0.717) is 0 Å². The number of hydrogen-bond acceptors (Lipinski definition) is 2. The number of sulfone groups is 1. The van der Waals surface area contributed by atoms with Crippen LogP contribution in [0.2, 0.25) is 0 Å². The van der Waals surface area contributed by atoms with Gasteiger partial charge in [-0.2, -0.15) is 0 Å². The van der Waals surface area contributed by atoms with Crippen molar-refractivity contribution in [2.45, 2.75) is 24.2 Å². The van der Waals surface area contributed by atoms with Crippen LogP contribution in [-0.4, -0.2) is 14.7 Å². The molecule has 0 saturated carbocycles. The Kier molecular flexibility index (Phi) is 4.43. The van der Waals surface area contributed by atoms with Gasteiger partial charge in [0.15, 0.2) is 9.84 Å². The van der Waals surface area contributed by atoms with Gasteiger partial charge in [0.25, 0.3) is 0 Å². The molecule has 5 heteroatoms. The highest BCUT2D eigenvalue weighted by Gasteiger charge is 2.20. The van der Waals surface area contributed by atoms with Gasteiger partial charge in [-0.1, -0.05) is 34.1 Å². The molecule has 0 aliphatic heterocycles. The summed E-state index contributed by atoms with van der Waals surface area (Å²) >= 11 is 3.43. The molecule has 0 bridgehead atoms. The number of hydrogen-bond donors (Lipinski definition) is 0. The van der Waals surface area contributed by atoms with E-state index in [1.807, 2.05) is 24.3 Å². The van der Waals surface area contributed by atoms with Crippen LogP contribution >= 0.6 is 15.9 Å². The lowest BCUT2D eigenvalue weighted by molar-refractivity contribution is 0.570. The fraction of sp³-hybridized carbons (Fsp3) is 0.222. The van der Waals surface area contributed by atoms with Gasteiger partial charge in [-0.25, -0.2) is 12.8 Å². The first-order valence-corrected chi connectivity index (χ1v) is 10.0. The first kappa shape index (κ1) is 16.4. The van der Waals surface area contributed by atoms with Gasteiger partial charge in [-0.05, 0) is 65.8 Å². The van der Waals surface area contributed by atoms with Crippen LogP contribution in [0.1, 0.15) is 30.4 Å². The zero-order valence-electron chi connectivity index (χ0n) is 12.6. The highest BCUT2D eigenvalue weighted by molar-refractivity contribution is 9.10. The summed E-state index contributed by atoms with van der Waals surface area (Å²) < 4.78 is 38.3. The van der Waals surface area contributed by atoms with Crippen LogP contribution < -0.4 is 0 Å².